The minimum Gasteiger partial charge on any atom is -0.345 e. The molecule has 0 aromatic heterocycles. The van der Waals surface area contributed by atoms with Crippen LogP contribution in [0.1, 0.15) is 39.0 Å². The van der Waals surface area contributed by atoms with Gasteiger partial charge in [0.05, 0.1) is 6.42 Å². The van der Waals surface area contributed by atoms with E-state index in [9.17, 15) is 9.59 Å². The minimum atomic E-state index is -0.0505. The summed E-state index contributed by atoms with van der Waals surface area (Å²) in [6.45, 7) is 2.26. The second kappa shape index (κ2) is 5.13. The van der Waals surface area contributed by atoms with Gasteiger partial charge < -0.3 is 4.90 Å². The van der Waals surface area contributed by atoms with Crippen LogP contribution in [0.3, 0.4) is 0 Å². The molecule has 0 heterocycles. The summed E-state index contributed by atoms with van der Waals surface area (Å²) < 4.78 is 0. The van der Waals surface area contributed by atoms with E-state index in [0.717, 1.165) is 18.9 Å². The summed E-state index contributed by atoms with van der Waals surface area (Å²) in [7, 11) is 1.78. The Morgan fingerprint density at radius 1 is 1.36 bits per heavy atom. The zero-order valence-electron chi connectivity index (χ0n) is 9.08. The van der Waals surface area contributed by atoms with Crippen LogP contribution in [0.2, 0.25) is 0 Å². The van der Waals surface area contributed by atoms with Crippen molar-refractivity contribution >= 4 is 11.7 Å². The molecule has 1 fully saturated rings. The molecule has 0 aromatic rings. The first-order valence-electron chi connectivity index (χ1n) is 5.33. The number of carbonyl (C=O) groups excluding carboxylic acids is 2. The molecule has 1 rings (SSSR count). The third-order valence-corrected chi connectivity index (χ3v) is 2.92. The van der Waals surface area contributed by atoms with Crippen molar-refractivity contribution in [2.24, 2.45) is 5.92 Å². The summed E-state index contributed by atoms with van der Waals surface area (Å²) in [6.07, 6.45) is 5.13. The lowest BCUT2D eigenvalue weighted by Gasteiger charge is -2.27. The van der Waals surface area contributed by atoms with Crippen LogP contribution in [0.5, 0.6) is 0 Å². The first-order valence-corrected chi connectivity index (χ1v) is 5.33. The maximum Gasteiger partial charge on any atom is 0.229 e. The van der Waals surface area contributed by atoms with Gasteiger partial charge in [0, 0.05) is 13.6 Å². The van der Waals surface area contributed by atoms with Crippen LogP contribution in [0, 0.1) is 5.92 Å². The SMILES string of the molecule is CC(=O)CC(=O)N(C)CCC1CCC1. The highest BCUT2D eigenvalue weighted by molar-refractivity contribution is 5.96. The topological polar surface area (TPSA) is 37.4 Å². The first-order chi connectivity index (χ1) is 6.59. The maximum absolute atomic E-state index is 11.4. The average Bonchev–Trinajstić information content (AvgIpc) is 1.99. The molecule has 1 aliphatic rings. The van der Waals surface area contributed by atoms with E-state index in [4.69, 9.17) is 0 Å². The molecular weight excluding hydrogens is 178 g/mol. The van der Waals surface area contributed by atoms with Crippen LogP contribution in [0.15, 0.2) is 0 Å². The Balaban J connectivity index is 2.15. The Morgan fingerprint density at radius 2 is 2.00 bits per heavy atom. The summed E-state index contributed by atoms with van der Waals surface area (Å²) >= 11 is 0. The molecule has 1 saturated carbocycles. The molecule has 80 valence electrons. The monoisotopic (exact) mass is 197 g/mol. The molecule has 0 radical (unpaired) electrons. The number of carbonyl (C=O) groups is 2. The van der Waals surface area contributed by atoms with Crippen LogP contribution in [-0.4, -0.2) is 30.2 Å². The fourth-order valence-corrected chi connectivity index (χ4v) is 1.63. The number of rotatable bonds is 5. The molecule has 3 heteroatoms. The van der Waals surface area contributed by atoms with E-state index in [0.29, 0.717) is 0 Å². The fourth-order valence-electron chi connectivity index (χ4n) is 1.63. The van der Waals surface area contributed by atoms with Crippen LogP contribution in [0.25, 0.3) is 0 Å². The molecule has 3 nitrogen and oxygen atoms in total. The predicted molar refractivity (Wildman–Crippen MR) is 54.9 cm³/mol. The summed E-state index contributed by atoms with van der Waals surface area (Å²) in [5.74, 6) is 0.727. The van der Waals surface area contributed by atoms with E-state index < -0.39 is 0 Å². The normalized spacial score (nSPS) is 16.1. The third kappa shape index (κ3) is 3.48. The fraction of sp³-hybridized carbons (Fsp3) is 0.818. The lowest BCUT2D eigenvalue weighted by molar-refractivity contribution is -0.133. The summed E-state index contributed by atoms with van der Waals surface area (Å²) in [5, 5.41) is 0. The van der Waals surface area contributed by atoms with E-state index in [2.05, 4.69) is 0 Å². The van der Waals surface area contributed by atoms with Crippen molar-refractivity contribution < 1.29 is 9.59 Å². The Labute approximate surface area is 85.5 Å². The van der Waals surface area contributed by atoms with Gasteiger partial charge in [-0.1, -0.05) is 19.3 Å². The molecule has 0 spiro atoms. The quantitative estimate of drug-likeness (QED) is 0.628. The molecule has 0 unspecified atom stereocenters. The number of hydrogen-bond acceptors (Lipinski definition) is 2. The number of nitrogens with zero attached hydrogens (tertiary/aromatic N) is 1. The zero-order chi connectivity index (χ0) is 10.6. The highest BCUT2D eigenvalue weighted by Gasteiger charge is 2.19. The van der Waals surface area contributed by atoms with Gasteiger partial charge in [-0.15, -0.1) is 0 Å². The molecule has 14 heavy (non-hydrogen) atoms. The van der Waals surface area contributed by atoms with Gasteiger partial charge >= 0.3 is 0 Å². The molecule has 0 atom stereocenters. The molecule has 0 aromatic carbocycles. The van der Waals surface area contributed by atoms with Crippen molar-refractivity contribution in [1.82, 2.24) is 4.90 Å². The van der Waals surface area contributed by atoms with Crippen LogP contribution >= 0.6 is 0 Å². The summed E-state index contributed by atoms with van der Waals surface area (Å²) in [5.41, 5.74) is 0. The van der Waals surface area contributed by atoms with Gasteiger partial charge in [-0.3, -0.25) is 9.59 Å². The molecule has 0 bridgehead atoms. The van der Waals surface area contributed by atoms with Crippen molar-refractivity contribution in [1.29, 1.82) is 0 Å². The van der Waals surface area contributed by atoms with E-state index in [-0.39, 0.29) is 18.1 Å². The maximum atomic E-state index is 11.4. The van der Waals surface area contributed by atoms with E-state index in [1.54, 1.807) is 11.9 Å². The van der Waals surface area contributed by atoms with Crippen molar-refractivity contribution in [2.75, 3.05) is 13.6 Å². The van der Waals surface area contributed by atoms with E-state index >= 15 is 0 Å². The largest absolute Gasteiger partial charge is 0.345 e. The van der Waals surface area contributed by atoms with Gasteiger partial charge in [-0.05, 0) is 19.3 Å². The average molecular weight is 197 g/mol. The molecule has 0 N–H and O–H groups in total. The van der Waals surface area contributed by atoms with Gasteiger partial charge in [0.1, 0.15) is 5.78 Å². The van der Waals surface area contributed by atoms with E-state index in [1.807, 2.05) is 0 Å². The van der Waals surface area contributed by atoms with Crippen molar-refractivity contribution in [2.45, 2.75) is 39.0 Å². The van der Waals surface area contributed by atoms with E-state index in [1.165, 1.54) is 26.2 Å². The number of Topliss-reactive ketones (excluding diaryl/α,β-unsaturated/α-hetero) is 1. The number of ketones is 1. The number of amides is 1. The molecule has 0 aliphatic heterocycles. The molecule has 1 amide bonds. The Bertz CT molecular complexity index is 221. The lowest BCUT2D eigenvalue weighted by atomic mass is 9.83. The Morgan fingerprint density at radius 3 is 2.43 bits per heavy atom. The highest BCUT2D eigenvalue weighted by atomic mass is 16.2. The predicted octanol–water partition coefficient (Wildman–Crippen LogP) is 1.61. The second-order valence-corrected chi connectivity index (χ2v) is 4.28. The Hall–Kier alpha value is -0.860. The lowest BCUT2D eigenvalue weighted by Crippen LogP contribution is -2.31. The molecule has 1 aliphatic carbocycles. The van der Waals surface area contributed by atoms with Gasteiger partial charge in [0.15, 0.2) is 0 Å². The van der Waals surface area contributed by atoms with Crippen LogP contribution in [0.4, 0.5) is 0 Å². The summed E-state index contributed by atoms with van der Waals surface area (Å²) in [6, 6.07) is 0. The van der Waals surface area contributed by atoms with Gasteiger partial charge in [-0.2, -0.15) is 0 Å². The second-order valence-electron chi connectivity index (χ2n) is 4.28. The third-order valence-electron chi connectivity index (χ3n) is 2.92. The zero-order valence-corrected chi connectivity index (χ0v) is 9.08. The highest BCUT2D eigenvalue weighted by Crippen LogP contribution is 2.29. The van der Waals surface area contributed by atoms with Gasteiger partial charge in [0.2, 0.25) is 5.91 Å². The van der Waals surface area contributed by atoms with Crippen molar-refractivity contribution in [3.63, 3.8) is 0 Å². The smallest absolute Gasteiger partial charge is 0.229 e. The van der Waals surface area contributed by atoms with Crippen LogP contribution < -0.4 is 0 Å². The molecule has 0 saturated heterocycles. The first kappa shape index (κ1) is 11.2. The standard InChI is InChI=1S/C11H19NO2/c1-9(13)8-11(14)12(2)7-6-10-4-3-5-10/h10H,3-8H2,1-2H3. The van der Waals surface area contributed by atoms with Gasteiger partial charge in [0.25, 0.3) is 0 Å². The van der Waals surface area contributed by atoms with Crippen LogP contribution in [-0.2, 0) is 9.59 Å². The molecular formula is C11H19NO2. The van der Waals surface area contributed by atoms with Gasteiger partial charge in [-0.25, -0.2) is 0 Å². The Kier molecular flexibility index (Phi) is 4.11. The number of hydrogen-bond donors (Lipinski definition) is 0. The van der Waals surface area contributed by atoms with Crippen molar-refractivity contribution in [3.05, 3.63) is 0 Å². The minimum absolute atomic E-state index is 0.0446. The summed E-state index contributed by atoms with van der Waals surface area (Å²) in [4.78, 5) is 23.8. The van der Waals surface area contributed by atoms with Crippen molar-refractivity contribution in [3.8, 4) is 0 Å².